The molecule has 1 N–H and O–H groups in total. The fourth-order valence-corrected chi connectivity index (χ4v) is 5.20. The van der Waals surface area contributed by atoms with E-state index in [1.165, 1.54) is 38.6 Å². The Hall–Kier alpha value is -3.14. The summed E-state index contributed by atoms with van der Waals surface area (Å²) in [5.41, 5.74) is 6.46. The van der Waals surface area contributed by atoms with Crippen LogP contribution in [-0.2, 0) is 11.3 Å². The van der Waals surface area contributed by atoms with Gasteiger partial charge in [0.2, 0.25) is 0 Å². The maximum absolute atomic E-state index is 6.47. The van der Waals surface area contributed by atoms with Gasteiger partial charge in [-0.15, -0.1) is 0 Å². The summed E-state index contributed by atoms with van der Waals surface area (Å²) in [7, 11) is 1.76. The molecule has 5 rings (SSSR count). The van der Waals surface area contributed by atoms with E-state index in [0.29, 0.717) is 12.5 Å². The Kier molecular flexibility index (Phi) is 6.66. The molecule has 1 aliphatic rings. The molecule has 3 atom stereocenters. The second-order valence-corrected chi connectivity index (χ2v) is 9.38. The summed E-state index contributed by atoms with van der Waals surface area (Å²) in [6, 6.07) is 30.7. The first-order valence-electron chi connectivity index (χ1n) is 12.2. The van der Waals surface area contributed by atoms with Gasteiger partial charge in [0.15, 0.2) is 0 Å². The zero-order valence-corrected chi connectivity index (χ0v) is 20.3. The lowest BCUT2D eigenvalue weighted by molar-refractivity contribution is 0.158. The number of aryl methyl sites for hydroxylation is 1. The molecule has 0 bridgehead atoms. The lowest BCUT2D eigenvalue weighted by Crippen LogP contribution is -2.37. The fourth-order valence-electron chi connectivity index (χ4n) is 5.20. The number of benzene rings is 4. The van der Waals surface area contributed by atoms with E-state index in [9.17, 15) is 0 Å². The summed E-state index contributed by atoms with van der Waals surface area (Å²) in [5.74, 6) is 1.30. The van der Waals surface area contributed by atoms with E-state index in [1.807, 2.05) is 0 Å². The molecule has 3 nitrogen and oxygen atoms in total. The Morgan fingerprint density at radius 2 is 1.76 bits per heavy atom. The van der Waals surface area contributed by atoms with Crippen LogP contribution in [0, 0.1) is 6.92 Å². The smallest absolute Gasteiger partial charge is 0.123 e. The molecule has 1 aliphatic heterocycles. The first kappa shape index (κ1) is 22.6. The van der Waals surface area contributed by atoms with E-state index >= 15 is 0 Å². The fraction of sp³-hybridized carbons (Fsp3) is 0.290. The molecule has 0 amide bonds. The monoisotopic (exact) mass is 451 g/mol. The number of ether oxygens (including phenoxy) is 2. The average Bonchev–Trinajstić information content (AvgIpc) is 2.88. The number of methoxy groups -OCH3 is 1. The normalized spacial score (nSPS) is 18.3. The van der Waals surface area contributed by atoms with E-state index in [0.717, 1.165) is 18.7 Å². The summed E-state index contributed by atoms with van der Waals surface area (Å²) in [4.78, 5) is 0. The molecule has 0 saturated carbocycles. The first-order valence-corrected chi connectivity index (χ1v) is 12.2. The Labute approximate surface area is 202 Å². The zero-order chi connectivity index (χ0) is 23.5. The molecule has 1 unspecified atom stereocenters. The van der Waals surface area contributed by atoms with Crippen molar-refractivity contribution >= 4 is 10.8 Å². The van der Waals surface area contributed by atoms with Gasteiger partial charge in [0.25, 0.3) is 0 Å². The highest BCUT2D eigenvalue weighted by atomic mass is 16.5. The predicted molar refractivity (Wildman–Crippen MR) is 140 cm³/mol. The van der Waals surface area contributed by atoms with Crippen molar-refractivity contribution < 1.29 is 9.47 Å². The molecule has 0 aliphatic carbocycles. The maximum Gasteiger partial charge on any atom is 0.123 e. The third-order valence-electron chi connectivity index (χ3n) is 7.10. The van der Waals surface area contributed by atoms with E-state index in [2.05, 4.69) is 104 Å². The molecule has 0 fully saturated rings. The third-order valence-corrected chi connectivity index (χ3v) is 7.10. The maximum atomic E-state index is 6.47. The van der Waals surface area contributed by atoms with E-state index in [-0.39, 0.29) is 12.1 Å². The first-order chi connectivity index (χ1) is 16.6. The Bertz CT molecular complexity index is 1280. The van der Waals surface area contributed by atoms with E-state index in [1.54, 1.807) is 7.11 Å². The van der Waals surface area contributed by atoms with Crippen molar-refractivity contribution in [3.8, 4) is 5.75 Å². The number of hydrogen-bond donors (Lipinski definition) is 1. The number of hydrogen-bond acceptors (Lipinski definition) is 3. The van der Waals surface area contributed by atoms with Gasteiger partial charge < -0.3 is 14.8 Å². The molecule has 174 valence electrons. The molecule has 0 aromatic heterocycles. The van der Waals surface area contributed by atoms with Crippen LogP contribution >= 0.6 is 0 Å². The average molecular weight is 452 g/mol. The van der Waals surface area contributed by atoms with Crippen LogP contribution in [0.2, 0.25) is 0 Å². The highest BCUT2D eigenvalue weighted by Crippen LogP contribution is 2.41. The standard InChI is InChI=1S/C31H33NO2/c1-21-15-16-24(17-25(21)20-33-3)30-18-26(34-31-14-7-6-12-29(30)31)19-32-22(2)27-13-8-10-23-9-4-5-11-28(23)27/h4-17,22,26,30,32H,18-20H2,1-3H3/t22-,26-,30?/m1/s1. The molecule has 1 heterocycles. The van der Waals surface area contributed by atoms with Gasteiger partial charge >= 0.3 is 0 Å². The van der Waals surface area contributed by atoms with Crippen LogP contribution in [0.25, 0.3) is 10.8 Å². The number of rotatable bonds is 7. The van der Waals surface area contributed by atoms with Gasteiger partial charge in [0.05, 0.1) is 6.61 Å². The minimum absolute atomic E-state index is 0.101. The van der Waals surface area contributed by atoms with Gasteiger partial charge in [-0.25, -0.2) is 0 Å². The van der Waals surface area contributed by atoms with Crippen LogP contribution in [0.4, 0.5) is 0 Å². The van der Waals surface area contributed by atoms with Crippen molar-refractivity contribution in [3.05, 3.63) is 113 Å². The van der Waals surface area contributed by atoms with Crippen LogP contribution in [0.1, 0.15) is 53.1 Å². The van der Waals surface area contributed by atoms with Gasteiger partial charge in [0.1, 0.15) is 11.9 Å². The minimum atomic E-state index is 0.101. The molecule has 34 heavy (non-hydrogen) atoms. The highest BCUT2D eigenvalue weighted by Gasteiger charge is 2.29. The van der Waals surface area contributed by atoms with Crippen molar-refractivity contribution in [2.24, 2.45) is 0 Å². The number of fused-ring (bicyclic) bond motifs is 2. The number of para-hydroxylation sites is 1. The molecule has 3 heteroatoms. The van der Waals surface area contributed by atoms with Gasteiger partial charge in [-0.05, 0) is 59.4 Å². The number of nitrogens with one attached hydrogen (secondary N) is 1. The molecular formula is C31H33NO2. The zero-order valence-electron chi connectivity index (χ0n) is 20.3. The van der Waals surface area contributed by atoms with Crippen LogP contribution < -0.4 is 10.1 Å². The second kappa shape index (κ2) is 10.0. The van der Waals surface area contributed by atoms with Crippen molar-refractivity contribution in [2.75, 3.05) is 13.7 Å². The molecular weight excluding hydrogens is 418 g/mol. The molecule has 4 aromatic rings. The summed E-state index contributed by atoms with van der Waals surface area (Å²) >= 11 is 0. The molecule has 0 saturated heterocycles. The minimum Gasteiger partial charge on any atom is -0.489 e. The van der Waals surface area contributed by atoms with Crippen LogP contribution in [-0.4, -0.2) is 19.8 Å². The van der Waals surface area contributed by atoms with Gasteiger partial charge in [-0.1, -0.05) is 78.9 Å². The summed E-state index contributed by atoms with van der Waals surface area (Å²) in [6.45, 7) is 5.83. The lowest BCUT2D eigenvalue weighted by Gasteiger charge is -2.33. The van der Waals surface area contributed by atoms with Crippen LogP contribution in [0.3, 0.4) is 0 Å². The summed E-state index contributed by atoms with van der Waals surface area (Å²) < 4.78 is 11.9. The Morgan fingerprint density at radius 1 is 0.971 bits per heavy atom. The SMILES string of the molecule is COCc1cc(C2C[C@H](CN[C@H](C)c3cccc4ccccc34)Oc3ccccc32)ccc1C. The topological polar surface area (TPSA) is 30.5 Å². The van der Waals surface area contributed by atoms with Crippen LogP contribution in [0.15, 0.2) is 84.9 Å². The molecule has 0 spiro atoms. The quantitative estimate of drug-likeness (QED) is 0.330. The Morgan fingerprint density at radius 3 is 2.65 bits per heavy atom. The highest BCUT2D eigenvalue weighted by molar-refractivity contribution is 5.86. The summed E-state index contributed by atoms with van der Waals surface area (Å²) in [5, 5.41) is 6.35. The van der Waals surface area contributed by atoms with Gasteiger partial charge in [-0.3, -0.25) is 0 Å². The lowest BCUT2D eigenvalue weighted by atomic mass is 9.83. The predicted octanol–water partition coefficient (Wildman–Crippen LogP) is 6.93. The van der Waals surface area contributed by atoms with Crippen LogP contribution in [0.5, 0.6) is 5.75 Å². The summed E-state index contributed by atoms with van der Waals surface area (Å²) in [6.07, 6.45) is 1.05. The largest absolute Gasteiger partial charge is 0.489 e. The Balaban J connectivity index is 1.37. The van der Waals surface area contributed by atoms with Crippen molar-refractivity contribution in [3.63, 3.8) is 0 Å². The van der Waals surface area contributed by atoms with Gasteiger partial charge in [-0.2, -0.15) is 0 Å². The van der Waals surface area contributed by atoms with Crippen molar-refractivity contribution in [1.82, 2.24) is 5.32 Å². The van der Waals surface area contributed by atoms with Crippen molar-refractivity contribution in [2.45, 2.75) is 44.9 Å². The molecule has 0 radical (unpaired) electrons. The van der Waals surface area contributed by atoms with Crippen molar-refractivity contribution in [1.29, 1.82) is 0 Å². The molecule has 4 aromatic carbocycles. The third kappa shape index (κ3) is 4.59. The van der Waals surface area contributed by atoms with Gasteiger partial charge in [0, 0.05) is 31.2 Å². The second-order valence-electron chi connectivity index (χ2n) is 9.38. The van der Waals surface area contributed by atoms with E-state index < -0.39 is 0 Å². The van der Waals surface area contributed by atoms with E-state index in [4.69, 9.17) is 9.47 Å².